The van der Waals surface area contributed by atoms with Crippen LogP contribution in [0.5, 0.6) is 0 Å². The molecule has 0 bridgehead atoms. The van der Waals surface area contributed by atoms with Gasteiger partial charge in [-0.25, -0.2) is 0 Å². The molecule has 1 N–H and O–H groups in total. The Labute approximate surface area is 110 Å². The fourth-order valence-corrected chi connectivity index (χ4v) is 1.71. The third-order valence-corrected chi connectivity index (χ3v) is 2.70. The molecule has 1 aromatic carbocycles. The summed E-state index contributed by atoms with van der Waals surface area (Å²) >= 11 is 5.95. The maximum absolute atomic E-state index is 11.4. The average Bonchev–Trinajstić information content (AvgIpc) is 2.26. The number of nitrogens with zero attached hydrogens (tertiary/aromatic N) is 2. The molecule has 0 aliphatic rings. The first kappa shape index (κ1) is 14.2. The highest BCUT2D eigenvalue weighted by Crippen LogP contribution is 2.30. The van der Waals surface area contributed by atoms with Crippen molar-refractivity contribution in [2.75, 3.05) is 26.0 Å². The molecule has 1 amide bonds. The maximum Gasteiger partial charge on any atom is 0.271 e. The third-order valence-electron chi connectivity index (χ3n) is 2.40. The predicted octanol–water partition coefficient (Wildman–Crippen LogP) is 2.06. The molecule has 0 atom stereocenters. The minimum atomic E-state index is -0.506. The van der Waals surface area contributed by atoms with Crippen LogP contribution in [0.25, 0.3) is 0 Å². The number of rotatable bonds is 4. The summed E-state index contributed by atoms with van der Waals surface area (Å²) in [5.74, 6) is -0.108. The lowest BCUT2D eigenvalue weighted by Crippen LogP contribution is -2.28. The van der Waals surface area contributed by atoms with Gasteiger partial charge in [-0.3, -0.25) is 14.9 Å². The van der Waals surface area contributed by atoms with Crippen LogP contribution < -0.4 is 5.32 Å². The number of nitro groups is 1. The molecule has 0 saturated carbocycles. The quantitative estimate of drug-likeness (QED) is 0.672. The van der Waals surface area contributed by atoms with E-state index in [1.54, 1.807) is 21.0 Å². The molecule has 0 radical (unpaired) electrons. The average molecular weight is 272 g/mol. The summed E-state index contributed by atoms with van der Waals surface area (Å²) in [5, 5.41) is 13.8. The Hall–Kier alpha value is -1.82. The van der Waals surface area contributed by atoms with Crippen LogP contribution in [0.15, 0.2) is 12.1 Å². The predicted molar refractivity (Wildman–Crippen MR) is 70.0 cm³/mol. The van der Waals surface area contributed by atoms with Gasteiger partial charge in [0.2, 0.25) is 5.91 Å². The van der Waals surface area contributed by atoms with Crippen LogP contribution in [0.4, 0.5) is 11.4 Å². The maximum atomic E-state index is 11.4. The van der Waals surface area contributed by atoms with Gasteiger partial charge in [0.05, 0.1) is 22.2 Å². The number of benzene rings is 1. The fourth-order valence-electron chi connectivity index (χ4n) is 1.38. The SMILES string of the molecule is Cc1cc([N+](=O)[O-])cc(Cl)c1NCC(=O)N(C)C. The van der Waals surface area contributed by atoms with Crippen LogP contribution >= 0.6 is 11.6 Å². The molecular weight excluding hydrogens is 258 g/mol. The number of hydrogen-bond donors (Lipinski definition) is 1. The van der Waals surface area contributed by atoms with Crippen molar-refractivity contribution in [2.45, 2.75) is 6.92 Å². The molecule has 0 aromatic heterocycles. The Morgan fingerprint density at radius 1 is 1.50 bits per heavy atom. The molecule has 0 aliphatic heterocycles. The number of aryl methyl sites for hydroxylation is 1. The number of carbonyl (C=O) groups excluding carboxylic acids is 1. The molecular formula is C11H14ClN3O3. The van der Waals surface area contributed by atoms with E-state index in [-0.39, 0.29) is 23.2 Å². The lowest BCUT2D eigenvalue weighted by Gasteiger charge is -2.14. The summed E-state index contributed by atoms with van der Waals surface area (Å²) in [6.45, 7) is 1.78. The van der Waals surface area contributed by atoms with Crippen LogP contribution in [0.1, 0.15) is 5.56 Å². The fraction of sp³-hybridized carbons (Fsp3) is 0.364. The molecule has 18 heavy (non-hydrogen) atoms. The van der Waals surface area contributed by atoms with Crippen LogP contribution in [-0.4, -0.2) is 36.4 Å². The Morgan fingerprint density at radius 3 is 2.56 bits per heavy atom. The summed E-state index contributed by atoms with van der Waals surface area (Å²) in [6.07, 6.45) is 0. The highest BCUT2D eigenvalue weighted by molar-refractivity contribution is 6.33. The first-order chi connectivity index (χ1) is 8.32. The zero-order valence-corrected chi connectivity index (χ0v) is 11.1. The summed E-state index contributed by atoms with van der Waals surface area (Å²) in [6, 6.07) is 2.67. The van der Waals surface area contributed by atoms with E-state index in [1.165, 1.54) is 17.0 Å². The van der Waals surface area contributed by atoms with E-state index in [0.717, 1.165) is 0 Å². The summed E-state index contributed by atoms with van der Waals surface area (Å²) < 4.78 is 0. The van der Waals surface area contributed by atoms with Crippen LogP contribution in [-0.2, 0) is 4.79 Å². The van der Waals surface area contributed by atoms with Gasteiger partial charge in [0, 0.05) is 26.2 Å². The van der Waals surface area contributed by atoms with Gasteiger partial charge in [0.15, 0.2) is 0 Å². The second-order valence-electron chi connectivity index (χ2n) is 4.02. The number of non-ortho nitro benzene ring substituents is 1. The third kappa shape index (κ3) is 3.33. The van der Waals surface area contributed by atoms with Gasteiger partial charge < -0.3 is 10.2 Å². The summed E-state index contributed by atoms with van der Waals surface area (Å²) in [5.41, 5.74) is 1.10. The first-order valence-corrected chi connectivity index (χ1v) is 5.59. The van der Waals surface area contributed by atoms with Crippen molar-refractivity contribution in [1.82, 2.24) is 4.90 Å². The van der Waals surface area contributed by atoms with E-state index in [0.29, 0.717) is 11.3 Å². The van der Waals surface area contributed by atoms with Gasteiger partial charge in [-0.05, 0) is 12.5 Å². The number of likely N-dealkylation sites (N-methyl/N-ethyl adjacent to an activating group) is 1. The second-order valence-corrected chi connectivity index (χ2v) is 4.43. The van der Waals surface area contributed by atoms with Gasteiger partial charge >= 0.3 is 0 Å². The number of amides is 1. The molecule has 98 valence electrons. The number of hydrogen-bond acceptors (Lipinski definition) is 4. The number of nitro benzene ring substituents is 1. The zero-order valence-electron chi connectivity index (χ0n) is 10.4. The van der Waals surface area contributed by atoms with Gasteiger partial charge in [-0.1, -0.05) is 11.6 Å². The van der Waals surface area contributed by atoms with Crippen molar-refractivity contribution in [3.8, 4) is 0 Å². The van der Waals surface area contributed by atoms with E-state index in [1.807, 2.05) is 0 Å². The minimum absolute atomic E-state index is 0.0676. The van der Waals surface area contributed by atoms with Crippen LogP contribution in [0.3, 0.4) is 0 Å². The Kier molecular flexibility index (Phi) is 4.49. The lowest BCUT2D eigenvalue weighted by atomic mass is 10.1. The van der Waals surface area contributed by atoms with Gasteiger partial charge in [-0.15, -0.1) is 0 Å². The first-order valence-electron chi connectivity index (χ1n) is 5.21. The van der Waals surface area contributed by atoms with Crippen molar-refractivity contribution in [3.05, 3.63) is 32.8 Å². The molecule has 0 unspecified atom stereocenters. The molecule has 6 nitrogen and oxygen atoms in total. The van der Waals surface area contributed by atoms with Crippen LogP contribution in [0.2, 0.25) is 5.02 Å². The number of halogens is 1. The van der Waals surface area contributed by atoms with Crippen LogP contribution in [0, 0.1) is 17.0 Å². The van der Waals surface area contributed by atoms with Crippen molar-refractivity contribution in [1.29, 1.82) is 0 Å². The Morgan fingerprint density at radius 2 is 2.11 bits per heavy atom. The van der Waals surface area contributed by atoms with Crippen molar-refractivity contribution < 1.29 is 9.72 Å². The highest BCUT2D eigenvalue weighted by Gasteiger charge is 2.14. The molecule has 7 heteroatoms. The molecule has 1 rings (SSSR count). The molecule has 1 aromatic rings. The smallest absolute Gasteiger partial charge is 0.271 e. The normalized spacial score (nSPS) is 10.0. The highest BCUT2D eigenvalue weighted by atomic mass is 35.5. The number of anilines is 1. The van der Waals surface area contributed by atoms with Crippen molar-refractivity contribution >= 4 is 28.9 Å². The second kappa shape index (κ2) is 5.68. The van der Waals surface area contributed by atoms with Gasteiger partial charge in [0.1, 0.15) is 0 Å². The molecule has 0 fully saturated rings. The standard InChI is InChI=1S/C11H14ClN3O3/c1-7-4-8(15(17)18)5-9(12)11(7)13-6-10(16)14(2)3/h4-5,13H,6H2,1-3H3. The number of nitrogens with one attached hydrogen (secondary N) is 1. The Bertz CT molecular complexity index is 465. The lowest BCUT2D eigenvalue weighted by molar-refractivity contribution is -0.384. The van der Waals surface area contributed by atoms with Crippen molar-refractivity contribution in [2.24, 2.45) is 0 Å². The largest absolute Gasteiger partial charge is 0.375 e. The molecule has 0 spiro atoms. The summed E-state index contributed by atoms with van der Waals surface area (Å²) in [4.78, 5) is 23.0. The van der Waals surface area contributed by atoms with Crippen molar-refractivity contribution in [3.63, 3.8) is 0 Å². The van der Waals surface area contributed by atoms with E-state index < -0.39 is 4.92 Å². The number of carbonyl (C=O) groups is 1. The molecule has 0 saturated heterocycles. The molecule has 0 aliphatic carbocycles. The Balaban J connectivity index is 2.91. The zero-order chi connectivity index (χ0) is 13.9. The van der Waals surface area contributed by atoms with E-state index >= 15 is 0 Å². The molecule has 0 heterocycles. The van der Waals surface area contributed by atoms with E-state index in [9.17, 15) is 14.9 Å². The van der Waals surface area contributed by atoms with Gasteiger partial charge in [0.25, 0.3) is 5.69 Å². The minimum Gasteiger partial charge on any atom is -0.375 e. The topological polar surface area (TPSA) is 75.5 Å². The summed E-state index contributed by atoms with van der Waals surface area (Å²) in [7, 11) is 3.29. The van der Waals surface area contributed by atoms with E-state index in [2.05, 4.69) is 5.32 Å². The van der Waals surface area contributed by atoms with E-state index in [4.69, 9.17) is 11.6 Å². The monoisotopic (exact) mass is 271 g/mol. The van der Waals surface area contributed by atoms with Gasteiger partial charge in [-0.2, -0.15) is 0 Å².